The number of hydrogen-bond donors (Lipinski definition) is 1. The Morgan fingerprint density at radius 2 is 2.10 bits per heavy atom. The van der Waals surface area contributed by atoms with Crippen LogP contribution in [-0.2, 0) is 6.42 Å². The van der Waals surface area contributed by atoms with Gasteiger partial charge in [-0.1, -0.05) is 13.0 Å². The van der Waals surface area contributed by atoms with Gasteiger partial charge in [-0.05, 0) is 68.5 Å². The first kappa shape index (κ1) is 14.9. The number of likely N-dealkylation sites (N-methyl/N-ethyl adjacent to an activating group) is 2. The molecule has 1 N–H and O–H groups in total. The Labute approximate surface area is 128 Å². The van der Waals surface area contributed by atoms with E-state index >= 15 is 0 Å². The van der Waals surface area contributed by atoms with Crippen molar-refractivity contribution in [3.8, 4) is 5.75 Å². The molecule has 1 aromatic rings. The zero-order valence-electron chi connectivity index (χ0n) is 13.6. The van der Waals surface area contributed by atoms with Gasteiger partial charge in [0.05, 0.1) is 7.11 Å². The molecule has 3 rings (SSSR count). The Hall–Kier alpha value is -1.06. The van der Waals surface area contributed by atoms with Gasteiger partial charge in [-0.15, -0.1) is 0 Å². The van der Waals surface area contributed by atoms with Crippen molar-refractivity contribution in [2.45, 2.75) is 44.7 Å². The largest absolute Gasteiger partial charge is 0.497 e. The molecule has 116 valence electrons. The summed E-state index contributed by atoms with van der Waals surface area (Å²) < 4.78 is 5.43. The van der Waals surface area contributed by atoms with Gasteiger partial charge in [0.2, 0.25) is 0 Å². The Morgan fingerprint density at radius 1 is 1.29 bits per heavy atom. The average molecular weight is 288 g/mol. The number of fused-ring (bicyclic) bond motifs is 1. The monoisotopic (exact) mass is 288 g/mol. The maximum atomic E-state index is 5.43. The summed E-state index contributed by atoms with van der Waals surface area (Å²) in [6.07, 6.45) is 5.30. The van der Waals surface area contributed by atoms with E-state index in [-0.39, 0.29) is 0 Å². The van der Waals surface area contributed by atoms with E-state index in [9.17, 15) is 0 Å². The summed E-state index contributed by atoms with van der Waals surface area (Å²) in [7, 11) is 3.85. The van der Waals surface area contributed by atoms with Crippen molar-refractivity contribution in [2.75, 3.05) is 27.2 Å². The van der Waals surface area contributed by atoms with Gasteiger partial charge in [-0.25, -0.2) is 0 Å². The van der Waals surface area contributed by atoms with Crippen LogP contribution in [0, 0.1) is 5.92 Å². The number of nitrogens with one attached hydrogen (secondary N) is 1. The predicted molar refractivity (Wildman–Crippen MR) is 86.9 cm³/mol. The van der Waals surface area contributed by atoms with Crippen LogP contribution < -0.4 is 10.1 Å². The van der Waals surface area contributed by atoms with Crippen LogP contribution in [-0.4, -0.2) is 38.2 Å². The maximum absolute atomic E-state index is 5.43. The van der Waals surface area contributed by atoms with E-state index in [0.29, 0.717) is 12.1 Å². The number of benzene rings is 1. The molecule has 0 aliphatic heterocycles. The molecule has 0 aromatic heterocycles. The molecule has 1 aromatic carbocycles. The lowest BCUT2D eigenvalue weighted by atomic mass is 9.83. The zero-order valence-corrected chi connectivity index (χ0v) is 13.6. The number of nitrogens with zero attached hydrogens (tertiary/aromatic N) is 1. The lowest BCUT2D eigenvalue weighted by Gasteiger charge is -2.41. The fourth-order valence-corrected chi connectivity index (χ4v) is 3.77. The SMILES string of the molecule is CCN(CC1CC1)C1CCc2ccc(OC)cc2C1NC. The Bertz CT molecular complexity index is 484. The molecule has 2 atom stereocenters. The molecule has 3 heteroatoms. The van der Waals surface area contributed by atoms with Crippen molar-refractivity contribution in [3.63, 3.8) is 0 Å². The van der Waals surface area contributed by atoms with E-state index in [2.05, 4.69) is 42.4 Å². The second-order valence-corrected chi connectivity index (χ2v) is 6.47. The molecule has 2 aliphatic rings. The van der Waals surface area contributed by atoms with Crippen LogP contribution in [0.5, 0.6) is 5.75 Å². The van der Waals surface area contributed by atoms with E-state index in [4.69, 9.17) is 4.74 Å². The van der Waals surface area contributed by atoms with Crippen LogP contribution in [0.4, 0.5) is 0 Å². The number of aryl methyl sites for hydroxylation is 1. The molecule has 3 nitrogen and oxygen atoms in total. The summed E-state index contributed by atoms with van der Waals surface area (Å²) in [5, 5.41) is 3.57. The van der Waals surface area contributed by atoms with Crippen molar-refractivity contribution in [2.24, 2.45) is 5.92 Å². The molecule has 1 saturated carbocycles. The summed E-state index contributed by atoms with van der Waals surface area (Å²) in [6.45, 7) is 4.73. The van der Waals surface area contributed by atoms with Gasteiger partial charge in [0.1, 0.15) is 5.75 Å². The zero-order chi connectivity index (χ0) is 14.8. The van der Waals surface area contributed by atoms with Gasteiger partial charge in [0, 0.05) is 18.6 Å². The minimum Gasteiger partial charge on any atom is -0.497 e. The number of ether oxygens (including phenoxy) is 1. The third kappa shape index (κ3) is 3.09. The van der Waals surface area contributed by atoms with E-state index in [1.807, 2.05) is 0 Å². The first-order chi connectivity index (χ1) is 10.3. The second-order valence-electron chi connectivity index (χ2n) is 6.47. The maximum Gasteiger partial charge on any atom is 0.119 e. The van der Waals surface area contributed by atoms with Crippen molar-refractivity contribution < 1.29 is 4.74 Å². The highest BCUT2D eigenvalue weighted by molar-refractivity contribution is 5.40. The normalized spacial score (nSPS) is 25.0. The summed E-state index contributed by atoms with van der Waals surface area (Å²) in [5.74, 6) is 1.93. The minimum atomic E-state index is 0.419. The summed E-state index contributed by atoms with van der Waals surface area (Å²) in [4.78, 5) is 2.70. The van der Waals surface area contributed by atoms with Gasteiger partial charge in [0.25, 0.3) is 0 Å². The van der Waals surface area contributed by atoms with Crippen LogP contribution in [0.3, 0.4) is 0 Å². The summed E-state index contributed by atoms with van der Waals surface area (Å²) in [5.41, 5.74) is 2.91. The molecule has 0 radical (unpaired) electrons. The average Bonchev–Trinajstić information content (AvgIpc) is 3.35. The van der Waals surface area contributed by atoms with Crippen molar-refractivity contribution >= 4 is 0 Å². The molecule has 0 spiro atoms. The van der Waals surface area contributed by atoms with E-state index < -0.39 is 0 Å². The topological polar surface area (TPSA) is 24.5 Å². The standard InChI is InChI=1S/C18H28N2O/c1-4-20(12-13-5-6-13)17-10-8-14-7-9-15(21-3)11-16(14)18(17)19-2/h7,9,11,13,17-19H,4-6,8,10,12H2,1-3H3. The van der Waals surface area contributed by atoms with Gasteiger partial charge < -0.3 is 10.1 Å². The van der Waals surface area contributed by atoms with Crippen LogP contribution in [0.2, 0.25) is 0 Å². The second kappa shape index (κ2) is 6.37. The van der Waals surface area contributed by atoms with Crippen LogP contribution in [0.15, 0.2) is 18.2 Å². The van der Waals surface area contributed by atoms with Crippen LogP contribution in [0.25, 0.3) is 0 Å². The molecule has 0 bridgehead atoms. The first-order valence-corrected chi connectivity index (χ1v) is 8.35. The molecule has 2 unspecified atom stereocenters. The van der Waals surface area contributed by atoms with E-state index in [1.165, 1.54) is 43.4 Å². The number of methoxy groups -OCH3 is 1. The van der Waals surface area contributed by atoms with Gasteiger partial charge in [-0.3, -0.25) is 4.90 Å². The quantitative estimate of drug-likeness (QED) is 0.871. The van der Waals surface area contributed by atoms with E-state index in [1.54, 1.807) is 7.11 Å². The Kier molecular flexibility index (Phi) is 4.51. The molecule has 21 heavy (non-hydrogen) atoms. The minimum absolute atomic E-state index is 0.419. The first-order valence-electron chi connectivity index (χ1n) is 8.35. The Balaban J connectivity index is 1.85. The summed E-state index contributed by atoms with van der Waals surface area (Å²) in [6, 6.07) is 7.59. The Morgan fingerprint density at radius 3 is 2.71 bits per heavy atom. The highest BCUT2D eigenvalue weighted by atomic mass is 16.5. The van der Waals surface area contributed by atoms with Gasteiger partial charge in [0.15, 0.2) is 0 Å². The highest BCUT2D eigenvalue weighted by Crippen LogP contribution is 2.37. The van der Waals surface area contributed by atoms with Crippen molar-refractivity contribution in [1.82, 2.24) is 10.2 Å². The molecule has 0 heterocycles. The van der Waals surface area contributed by atoms with Crippen LogP contribution >= 0.6 is 0 Å². The van der Waals surface area contributed by atoms with Gasteiger partial charge in [-0.2, -0.15) is 0 Å². The van der Waals surface area contributed by atoms with E-state index in [0.717, 1.165) is 18.2 Å². The predicted octanol–water partition coefficient (Wildman–Crippen LogP) is 3.00. The number of rotatable bonds is 6. The molecule has 0 amide bonds. The summed E-state index contributed by atoms with van der Waals surface area (Å²) >= 11 is 0. The van der Waals surface area contributed by atoms with Crippen molar-refractivity contribution in [1.29, 1.82) is 0 Å². The number of hydrogen-bond acceptors (Lipinski definition) is 3. The molecular weight excluding hydrogens is 260 g/mol. The fraction of sp³-hybridized carbons (Fsp3) is 0.667. The molecule has 0 saturated heterocycles. The third-order valence-electron chi connectivity index (χ3n) is 5.16. The lowest BCUT2D eigenvalue weighted by Crippen LogP contribution is -2.47. The van der Waals surface area contributed by atoms with Gasteiger partial charge >= 0.3 is 0 Å². The lowest BCUT2D eigenvalue weighted by molar-refractivity contribution is 0.144. The smallest absolute Gasteiger partial charge is 0.119 e. The highest BCUT2D eigenvalue weighted by Gasteiger charge is 2.35. The molecule has 1 fully saturated rings. The van der Waals surface area contributed by atoms with Crippen LogP contribution in [0.1, 0.15) is 43.4 Å². The molecule has 2 aliphatic carbocycles. The van der Waals surface area contributed by atoms with Crippen molar-refractivity contribution in [3.05, 3.63) is 29.3 Å². The third-order valence-corrected chi connectivity index (χ3v) is 5.16. The molecular formula is C18H28N2O. The fourth-order valence-electron chi connectivity index (χ4n) is 3.77.